The van der Waals surface area contributed by atoms with Gasteiger partial charge in [0.1, 0.15) is 11.9 Å². The van der Waals surface area contributed by atoms with Gasteiger partial charge in [-0.2, -0.15) is 0 Å². The van der Waals surface area contributed by atoms with Crippen molar-refractivity contribution in [1.82, 2.24) is 0 Å². The molecule has 1 aromatic carbocycles. The second-order valence-corrected chi connectivity index (χ2v) is 7.80. The molecule has 23 heavy (non-hydrogen) atoms. The van der Waals surface area contributed by atoms with Crippen LogP contribution < -0.4 is 0 Å². The van der Waals surface area contributed by atoms with Crippen LogP contribution in [0.5, 0.6) is 5.75 Å². The van der Waals surface area contributed by atoms with Crippen molar-refractivity contribution in [1.29, 1.82) is 0 Å². The quantitative estimate of drug-likeness (QED) is 0.616. The molecule has 4 rings (SSSR count). The van der Waals surface area contributed by atoms with Crippen LogP contribution in [0.4, 0.5) is 0 Å². The number of hydrogen-bond acceptors (Lipinski definition) is 3. The van der Waals surface area contributed by atoms with Crippen molar-refractivity contribution >= 4 is 0 Å². The summed E-state index contributed by atoms with van der Waals surface area (Å²) in [5.74, 6) is 0.737. The smallest absolute Gasteiger partial charge is 0.224 e. The molecule has 0 bridgehead atoms. The van der Waals surface area contributed by atoms with Crippen LogP contribution in [0.2, 0.25) is 0 Å². The number of aryl methyl sites for hydroxylation is 1. The van der Waals surface area contributed by atoms with Gasteiger partial charge in [0.25, 0.3) is 0 Å². The summed E-state index contributed by atoms with van der Waals surface area (Å²) in [4.78, 5) is 0. The van der Waals surface area contributed by atoms with Crippen molar-refractivity contribution in [2.24, 2.45) is 17.3 Å². The summed E-state index contributed by atoms with van der Waals surface area (Å²) in [5.41, 5.74) is 2.44. The molecule has 3 aliphatic rings. The Morgan fingerprint density at radius 2 is 2.09 bits per heavy atom. The van der Waals surface area contributed by atoms with Gasteiger partial charge < -0.3 is 14.9 Å². The zero-order valence-corrected chi connectivity index (χ0v) is 13.6. The lowest BCUT2D eigenvalue weighted by atomic mass is 9.55. The first-order valence-corrected chi connectivity index (χ1v) is 8.66. The second kappa shape index (κ2) is 4.92. The molecule has 0 unspecified atom stereocenters. The molecule has 5 atom stereocenters. The Morgan fingerprint density at radius 1 is 1.26 bits per heavy atom. The van der Waals surface area contributed by atoms with Crippen molar-refractivity contribution < 1.29 is 14.9 Å². The van der Waals surface area contributed by atoms with Gasteiger partial charge in [0, 0.05) is 11.8 Å². The molecule has 0 aliphatic heterocycles. The van der Waals surface area contributed by atoms with Crippen LogP contribution in [0, 0.1) is 29.8 Å². The van der Waals surface area contributed by atoms with E-state index in [0.717, 1.165) is 32.1 Å². The van der Waals surface area contributed by atoms with Gasteiger partial charge in [0.2, 0.25) is 5.79 Å². The Labute approximate surface area is 137 Å². The normalized spacial score (nSPS) is 41.3. The third kappa shape index (κ3) is 1.94. The Balaban J connectivity index is 1.69. The lowest BCUT2D eigenvalue weighted by molar-refractivity contribution is -0.238. The molecule has 3 nitrogen and oxygen atoms in total. The third-order valence-corrected chi connectivity index (χ3v) is 7.01. The molecule has 2 N–H and O–H groups in total. The number of benzene rings is 1. The summed E-state index contributed by atoms with van der Waals surface area (Å²) >= 11 is 0. The third-order valence-electron chi connectivity index (χ3n) is 7.01. The summed E-state index contributed by atoms with van der Waals surface area (Å²) in [7, 11) is 0. The fourth-order valence-corrected chi connectivity index (χ4v) is 5.81. The first-order chi connectivity index (χ1) is 11.0. The summed E-state index contributed by atoms with van der Waals surface area (Å²) in [5, 5.41) is 20.7. The SMILES string of the molecule is C#CO[C@]1(O)CC[C@H]2[C@H]3CCc4cc(O)ccc4[C@H]3CC[C@@]21C. The zero-order chi connectivity index (χ0) is 16.2. The van der Waals surface area contributed by atoms with Crippen LogP contribution in [0.25, 0.3) is 0 Å². The number of aromatic hydroxyl groups is 1. The van der Waals surface area contributed by atoms with Gasteiger partial charge in [0.15, 0.2) is 0 Å². The van der Waals surface area contributed by atoms with Crippen LogP contribution in [-0.2, 0) is 11.2 Å². The van der Waals surface area contributed by atoms with Crippen molar-refractivity contribution in [3.63, 3.8) is 0 Å². The highest BCUT2D eigenvalue weighted by Gasteiger charge is 2.63. The average molecular weight is 312 g/mol. The van der Waals surface area contributed by atoms with Gasteiger partial charge in [-0.3, -0.25) is 0 Å². The Hall–Kier alpha value is -1.66. The first kappa shape index (κ1) is 14.9. The summed E-state index contributed by atoms with van der Waals surface area (Å²) in [6, 6.07) is 5.83. The Kier molecular flexibility index (Phi) is 3.19. The van der Waals surface area contributed by atoms with Crippen LogP contribution >= 0.6 is 0 Å². The minimum Gasteiger partial charge on any atom is -0.508 e. The van der Waals surface area contributed by atoms with E-state index in [1.54, 1.807) is 0 Å². The molecule has 0 aromatic heterocycles. The first-order valence-electron chi connectivity index (χ1n) is 8.66. The van der Waals surface area contributed by atoms with Crippen molar-refractivity contribution in [2.75, 3.05) is 0 Å². The molecule has 0 radical (unpaired) electrons. The maximum Gasteiger partial charge on any atom is 0.224 e. The van der Waals surface area contributed by atoms with E-state index >= 15 is 0 Å². The highest BCUT2D eigenvalue weighted by Crippen LogP contribution is 2.64. The van der Waals surface area contributed by atoms with E-state index < -0.39 is 5.79 Å². The van der Waals surface area contributed by atoms with E-state index in [4.69, 9.17) is 11.2 Å². The molecular formula is C20H24O3. The number of aliphatic hydroxyl groups is 1. The zero-order valence-electron chi connectivity index (χ0n) is 13.6. The predicted octanol–water partition coefficient (Wildman–Crippen LogP) is 3.54. The highest BCUT2D eigenvalue weighted by atomic mass is 16.6. The van der Waals surface area contributed by atoms with Gasteiger partial charge in [0.05, 0.1) is 0 Å². The van der Waals surface area contributed by atoms with E-state index in [0.29, 0.717) is 29.9 Å². The lowest BCUT2D eigenvalue weighted by Crippen LogP contribution is -2.51. The standard InChI is InChI=1S/C20H24O3/c1-3-23-20(22)11-9-18-17-6-4-13-12-14(21)5-7-15(13)16(17)8-10-19(18,20)2/h1,5,7,12,16-18,21-22H,4,6,8-11H2,2H3/t16-,17+,18+,19+,20-/m1/s1. The minimum absolute atomic E-state index is 0.255. The Bertz CT molecular complexity index is 676. The van der Waals surface area contributed by atoms with Crippen LogP contribution in [0.1, 0.15) is 56.1 Å². The summed E-state index contributed by atoms with van der Waals surface area (Å²) < 4.78 is 5.38. The predicted molar refractivity (Wildman–Crippen MR) is 87.6 cm³/mol. The number of hydrogen-bond donors (Lipinski definition) is 2. The molecular weight excluding hydrogens is 288 g/mol. The number of rotatable bonds is 1. The molecule has 0 saturated heterocycles. The van der Waals surface area contributed by atoms with Gasteiger partial charge in [-0.05, 0) is 73.1 Å². The van der Waals surface area contributed by atoms with Gasteiger partial charge in [-0.1, -0.05) is 19.4 Å². The van der Waals surface area contributed by atoms with Crippen molar-refractivity contribution in [3.8, 4) is 18.3 Å². The topological polar surface area (TPSA) is 49.7 Å². The van der Waals surface area contributed by atoms with Crippen molar-refractivity contribution in [2.45, 2.75) is 57.2 Å². The largest absolute Gasteiger partial charge is 0.508 e. The van der Waals surface area contributed by atoms with Crippen LogP contribution in [-0.4, -0.2) is 16.0 Å². The number of phenolic OH excluding ortho intramolecular Hbond substituents is 1. The van der Waals surface area contributed by atoms with E-state index in [-0.39, 0.29) is 5.41 Å². The van der Waals surface area contributed by atoms with E-state index in [9.17, 15) is 10.2 Å². The maximum absolute atomic E-state index is 11.0. The van der Waals surface area contributed by atoms with Crippen molar-refractivity contribution in [3.05, 3.63) is 29.3 Å². The van der Waals surface area contributed by atoms with Crippen LogP contribution in [0.3, 0.4) is 0 Å². The van der Waals surface area contributed by atoms with Gasteiger partial charge in [-0.25, -0.2) is 0 Å². The fraction of sp³-hybridized carbons (Fsp3) is 0.600. The molecule has 0 heterocycles. The van der Waals surface area contributed by atoms with E-state index in [1.807, 2.05) is 12.1 Å². The van der Waals surface area contributed by atoms with E-state index in [1.165, 1.54) is 11.1 Å². The van der Waals surface area contributed by atoms with E-state index in [2.05, 4.69) is 19.1 Å². The number of ether oxygens (including phenoxy) is 1. The molecule has 2 fully saturated rings. The van der Waals surface area contributed by atoms with Gasteiger partial charge in [-0.15, -0.1) is 0 Å². The highest BCUT2D eigenvalue weighted by molar-refractivity contribution is 5.40. The molecule has 0 amide bonds. The molecule has 2 saturated carbocycles. The van der Waals surface area contributed by atoms with Gasteiger partial charge >= 0.3 is 0 Å². The molecule has 3 heteroatoms. The number of phenols is 1. The lowest BCUT2D eigenvalue weighted by Gasteiger charge is -2.52. The second-order valence-electron chi connectivity index (χ2n) is 7.80. The minimum atomic E-state index is -1.17. The maximum atomic E-state index is 11.0. The molecule has 0 spiro atoms. The Morgan fingerprint density at radius 3 is 2.87 bits per heavy atom. The number of fused-ring (bicyclic) bond motifs is 5. The van der Waals surface area contributed by atoms with Crippen LogP contribution in [0.15, 0.2) is 18.2 Å². The monoisotopic (exact) mass is 312 g/mol. The molecule has 1 aromatic rings. The molecule has 3 aliphatic carbocycles. The summed E-state index contributed by atoms with van der Waals surface area (Å²) in [6.07, 6.45) is 13.3. The average Bonchev–Trinajstić information content (AvgIpc) is 2.79. The number of terminal acetylenes is 1. The summed E-state index contributed by atoms with van der Waals surface area (Å²) in [6.45, 7) is 2.16. The fourth-order valence-electron chi connectivity index (χ4n) is 5.81. The molecule has 122 valence electrons.